The van der Waals surface area contributed by atoms with Crippen molar-refractivity contribution in [1.29, 1.82) is 0 Å². The molecule has 1 atom stereocenters. The second kappa shape index (κ2) is 7.45. The molecule has 6 nitrogen and oxygen atoms in total. The smallest absolute Gasteiger partial charge is 0.237 e. The number of nitrogens with zero attached hydrogens (tertiary/aromatic N) is 4. The van der Waals surface area contributed by atoms with Crippen LogP contribution in [-0.4, -0.2) is 31.4 Å². The minimum absolute atomic E-state index is 0.0498. The Balaban J connectivity index is 1.43. The zero-order valence-electron chi connectivity index (χ0n) is 14.6. The Morgan fingerprint density at radius 3 is 2.77 bits per heavy atom. The van der Waals surface area contributed by atoms with Crippen LogP contribution < -0.4 is 5.32 Å². The predicted molar refractivity (Wildman–Crippen MR) is 103 cm³/mol. The van der Waals surface area contributed by atoms with Crippen LogP contribution in [0, 0.1) is 0 Å². The van der Waals surface area contributed by atoms with Crippen molar-refractivity contribution in [2.24, 2.45) is 0 Å². The highest BCUT2D eigenvalue weighted by Crippen LogP contribution is 2.32. The van der Waals surface area contributed by atoms with E-state index in [1.54, 1.807) is 0 Å². The Morgan fingerprint density at radius 2 is 1.96 bits per heavy atom. The largest absolute Gasteiger partial charge is 0.325 e. The molecule has 0 saturated heterocycles. The minimum atomic E-state index is -0.285. The standard InChI is InChI=1S/C19H21N5OS/c1-13(26-19-21-22-23-24(19)17-8-4-5-9-17)18(25)20-16-11-10-14-6-2-3-7-15(14)12-16/h2-3,6-7,10-13,17H,4-5,8-9H2,1H3,(H,20,25)/t13-/m1/s1. The molecule has 1 fully saturated rings. The van der Waals surface area contributed by atoms with Crippen LogP contribution in [0.25, 0.3) is 10.8 Å². The van der Waals surface area contributed by atoms with Crippen LogP contribution in [0.4, 0.5) is 5.69 Å². The molecule has 1 saturated carbocycles. The van der Waals surface area contributed by atoms with E-state index in [-0.39, 0.29) is 11.2 Å². The van der Waals surface area contributed by atoms with Gasteiger partial charge < -0.3 is 5.32 Å². The first kappa shape index (κ1) is 17.0. The number of hydrogen-bond donors (Lipinski definition) is 1. The van der Waals surface area contributed by atoms with Crippen molar-refractivity contribution in [1.82, 2.24) is 20.2 Å². The average Bonchev–Trinajstić information content (AvgIpc) is 3.33. The first-order valence-electron chi connectivity index (χ1n) is 8.95. The second-order valence-electron chi connectivity index (χ2n) is 6.66. The summed E-state index contributed by atoms with van der Waals surface area (Å²) in [4.78, 5) is 12.6. The Labute approximate surface area is 156 Å². The molecule has 0 aliphatic heterocycles. The van der Waals surface area contributed by atoms with Crippen LogP contribution in [-0.2, 0) is 4.79 Å². The summed E-state index contributed by atoms with van der Waals surface area (Å²) in [7, 11) is 0. The second-order valence-corrected chi connectivity index (χ2v) is 7.96. The maximum Gasteiger partial charge on any atom is 0.237 e. The lowest BCUT2D eigenvalue weighted by Crippen LogP contribution is -2.23. The number of rotatable bonds is 5. The number of carbonyl (C=O) groups is 1. The fraction of sp³-hybridized carbons (Fsp3) is 0.368. The lowest BCUT2D eigenvalue weighted by molar-refractivity contribution is -0.115. The molecule has 3 aromatic rings. The summed E-state index contributed by atoms with van der Waals surface area (Å²) < 4.78 is 1.89. The van der Waals surface area contributed by atoms with Crippen molar-refractivity contribution in [2.75, 3.05) is 5.32 Å². The van der Waals surface area contributed by atoms with Gasteiger partial charge in [-0.15, -0.1) is 5.10 Å². The number of thioether (sulfide) groups is 1. The first-order valence-corrected chi connectivity index (χ1v) is 9.83. The van der Waals surface area contributed by atoms with Crippen molar-refractivity contribution < 1.29 is 4.79 Å². The summed E-state index contributed by atoms with van der Waals surface area (Å²) in [6.45, 7) is 1.88. The number of benzene rings is 2. The van der Waals surface area contributed by atoms with Crippen LogP contribution in [0.1, 0.15) is 38.6 Å². The number of carbonyl (C=O) groups excluding carboxylic acids is 1. The van der Waals surface area contributed by atoms with Gasteiger partial charge in [0.25, 0.3) is 0 Å². The van der Waals surface area contributed by atoms with Crippen LogP contribution >= 0.6 is 11.8 Å². The molecule has 0 radical (unpaired) electrons. The van der Waals surface area contributed by atoms with Gasteiger partial charge in [-0.3, -0.25) is 4.79 Å². The molecule has 1 amide bonds. The molecule has 1 aromatic heterocycles. The first-order chi connectivity index (χ1) is 12.7. The summed E-state index contributed by atoms with van der Waals surface area (Å²) in [5, 5.41) is 17.8. The maximum absolute atomic E-state index is 12.6. The molecule has 1 N–H and O–H groups in total. The molecule has 134 valence electrons. The van der Waals surface area contributed by atoms with E-state index in [4.69, 9.17) is 0 Å². The van der Waals surface area contributed by atoms with Crippen molar-refractivity contribution in [3.05, 3.63) is 42.5 Å². The molecule has 1 heterocycles. The lowest BCUT2D eigenvalue weighted by atomic mass is 10.1. The molecule has 7 heteroatoms. The highest BCUT2D eigenvalue weighted by molar-refractivity contribution is 8.00. The Kier molecular flexibility index (Phi) is 4.88. The van der Waals surface area contributed by atoms with Gasteiger partial charge in [0, 0.05) is 5.69 Å². The normalized spacial score (nSPS) is 16.0. The molecule has 1 aliphatic rings. The molecular formula is C19H21N5OS. The summed E-state index contributed by atoms with van der Waals surface area (Å²) >= 11 is 1.41. The highest BCUT2D eigenvalue weighted by atomic mass is 32.2. The minimum Gasteiger partial charge on any atom is -0.325 e. The summed E-state index contributed by atoms with van der Waals surface area (Å²) in [6.07, 6.45) is 4.64. The van der Waals surface area contributed by atoms with Gasteiger partial charge in [-0.1, -0.05) is 54.9 Å². The SMILES string of the molecule is C[C@@H](Sc1nnnn1C1CCCC1)C(=O)Nc1ccc2ccccc2c1. The van der Waals surface area contributed by atoms with Gasteiger partial charge in [0.15, 0.2) is 0 Å². The molecule has 4 rings (SSSR count). The number of aromatic nitrogens is 4. The third-order valence-electron chi connectivity index (χ3n) is 4.80. The molecule has 2 aromatic carbocycles. The maximum atomic E-state index is 12.6. The van der Waals surface area contributed by atoms with E-state index >= 15 is 0 Å². The topological polar surface area (TPSA) is 72.7 Å². The number of amides is 1. The Morgan fingerprint density at radius 1 is 1.19 bits per heavy atom. The molecule has 26 heavy (non-hydrogen) atoms. The van der Waals surface area contributed by atoms with Crippen molar-refractivity contribution in [3.63, 3.8) is 0 Å². The van der Waals surface area contributed by atoms with Crippen molar-refractivity contribution >= 4 is 34.1 Å². The number of hydrogen-bond acceptors (Lipinski definition) is 5. The van der Waals surface area contributed by atoms with E-state index in [1.807, 2.05) is 48.0 Å². The zero-order valence-corrected chi connectivity index (χ0v) is 15.4. The van der Waals surface area contributed by atoms with Crippen molar-refractivity contribution in [2.45, 2.75) is 49.1 Å². The number of tetrazole rings is 1. The summed E-state index contributed by atoms with van der Waals surface area (Å²) in [5.41, 5.74) is 0.802. The van der Waals surface area contributed by atoms with Gasteiger partial charge in [0.1, 0.15) is 0 Å². The Hall–Kier alpha value is -2.41. The fourth-order valence-corrected chi connectivity index (χ4v) is 4.22. The van der Waals surface area contributed by atoms with Gasteiger partial charge in [0.2, 0.25) is 11.1 Å². The van der Waals surface area contributed by atoms with Crippen LogP contribution in [0.3, 0.4) is 0 Å². The van der Waals surface area contributed by atoms with Gasteiger partial charge in [-0.05, 0) is 53.1 Å². The molecular weight excluding hydrogens is 346 g/mol. The molecule has 0 spiro atoms. The number of nitrogens with one attached hydrogen (secondary N) is 1. The number of anilines is 1. The van der Waals surface area contributed by atoms with E-state index in [9.17, 15) is 4.79 Å². The third kappa shape index (κ3) is 3.58. The monoisotopic (exact) mass is 367 g/mol. The highest BCUT2D eigenvalue weighted by Gasteiger charge is 2.24. The summed E-state index contributed by atoms with van der Waals surface area (Å²) in [6, 6.07) is 14.4. The van der Waals surface area contributed by atoms with Crippen LogP contribution in [0.15, 0.2) is 47.6 Å². The molecule has 0 unspecified atom stereocenters. The van der Waals surface area contributed by atoms with E-state index in [2.05, 4.69) is 26.9 Å². The number of fused-ring (bicyclic) bond motifs is 1. The van der Waals surface area contributed by atoms with Crippen molar-refractivity contribution in [3.8, 4) is 0 Å². The zero-order chi connectivity index (χ0) is 17.9. The average molecular weight is 367 g/mol. The lowest BCUT2D eigenvalue weighted by Gasteiger charge is -2.14. The predicted octanol–water partition coefficient (Wildman–Crippen LogP) is 4.06. The van der Waals surface area contributed by atoms with Gasteiger partial charge >= 0.3 is 0 Å². The van der Waals surface area contributed by atoms with E-state index < -0.39 is 0 Å². The van der Waals surface area contributed by atoms with Crippen LogP contribution in [0.5, 0.6) is 0 Å². The van der Waals surface area contributed by atoms with Crippen LogP contribution in [0.2, 0.25) is 0 Å². The van der Waals surface area contributed by atoms with E-state index in [0.29, 0.717) is 6.04 Å². The quantitative estimate of drug-likeness (QED) is 0.689. The molecule has 1 aliphatic carbocycles. The van der Waals surface area contributed by atoms with Gasteiger partial charge in [-0.25, -0.2) is 4.68 Å². The molecule has 0 bridgehead atoms. The van der Waals surface area contributed by atoms with E-state index in [1.165, 1.54) is 24.6 Å². The van der Waals surface area contributed by atoms with Gasteiger partial charge in [-0.2, -0.15) is 0 Å². The Bertz CT molecular complexity index is 919. The fourth-order valence-electron chi connectivity index (χ4n) is 3.36. The summed E-state index contributed by atoms with van der Waals surface area (Å²) in [5.74, 6) is -0.0498. The van der Waals surface area contributed by atoms with E-state index in [0.717, 1.165) is 34.5 Å². The van der Waals surface area contributed by atoms with Gasteiger partial charge in [0.05, 0.1) is 11.3 Å². The third-order valence-corrected chi connectivity index (χ3v) is 5.85.